The highest BCUT2D eigenvalue weighted by Crippen LogP contribution is 2.25. The van der Waals surface area contributed by atoms with Crippen LogP contribution < -0.4 is 16.0 Å². The fourth-order valence-corrected chi connectivity index (χ4v) is 2.55. The number of hydrogen-bond acceptors (Lipinski definition) is 3. The standard InChI is InChI=1S/C14H19ClFN3O.ClH/c1-9(17)6-14(20)18-10-4-5-19(8-10)11-2-3-13(16)12(15)7-11;/h2-3,7,9-10H,4-6,8,17H2,1H3,(H,18,20);1H. The highest BCUT2D eigenvalue weighted by Gasteiger charge is 2.24. The Morgan fingerprint density at radius 1 is 1.62 bits per heavy atom. The van der Waals surface area contributed by atoms with Crippen LogP contribution in [-0.2, 0) is 4.79 Å². The number of hydrogen-bond donors (Lipinski definition) is 2. The van der Waals surface area contributed by atoms with Crippen molar-refractivity contribution in [3.8, 4) is 0 Å². The van der Waals surface area contributed by atoms with E-state index < -0.39 is 5.82 Å². The normalized spacial score (nSPS) is 19.0. The van der Waals surface area contributed by atoms with Crippen LogP contribution in [0.15, 0.2) is 18.2 Å². The van der Waals surface area contributed by atoms with E-state index in [-0.39, 0.29) is 35.4 Å². The van der Waals surface area contributed by atoms with E-state index in [2.05, 4.69) is 10.2 Å². The smallest absolute Gasteiger partial charge is 0.221 e. The average Bonchev–Trinajstić information content (AvgIpc) is 2.80. The minimum Gasteiger partial charge on any atom is -0.369 e. The van der Waals surface area contributed by atoms with Crippen LogP contribution in [0.4, 0.5) is 10.1 Å². The van der Waals surface area contributed by atoms with Crippen molar-refractivity contribution >= 4 is 35.6 Å². The summed E-state index contributed by atoms with van der Waals surface area (Å²) < 4.78 is 13.1. The molecule has 1 aliphatic heterocycles. The minimum absolute atomic E-state index is 0. The van der Waals surface area contributed by atoms with Gasteiger partial charge in [0.2, 0.25) is 5.91 Å². The summed E-state index contributed by atoms with van der Waals surface area (Å²) in [6, 6.07) is 4.64. The molecule has 2 rings (SSSR count). The van der Waals surface area contributed by atoms with E-state index in [1.165, 1.54) is 6.07 Å². The van der Waals surface area contributed by atoms with Gasteiger partial charge < -0.3 is 16.0 Å². The SMILES string of the molecule is CC(N)CC(=O)NC1CCN(c2ccc(F)c(Cl)c2)C1.Cl. The van der Waals surface area contributed by atoms with E-state index in [0.717, 1.165) is 18.7 Å². The van der Waals surface area contributed by atoms with Crippen molar-refractivity contribution in [1.82, 2.24) is 5.32 Å². The average molecular weight is 336 g/mol. The lowest BCUT2D eigenvalue weighted by Gasteiger charge is -2.19. The molecule has 1 aromatic carbocycles. The van der Waals surface area contributed by atoms with E-state index in [1.807, 2.05) is 0 Å². The Kier molecular flexibility index (Phi) is 6.71. The van der Waals surface area contributed by atoms with Crippen LogP contribution in [0.1, 0.15) is 19.8 Å². The van der Waals surface area contributed by atoms with Crippen molar-refractivity contribution < 1.29 is 9.18 Å². The zero-order valence-electron chi connectivity index (χ0n) is 11.8. The van der Waals surface area contributed by atoms with E-state index >= 15 is 0 Å². The Hall–Kier alpha value is -1.04. The van der Waals surface area contributed by atoms with Gasteiger partial charge in [-0.2, -0.15) is 0 Å². The molecule has 1 fully saturated rings. The summed E-state index contributed by atoms with van der Waals surface area (Å²) in [5, 5.41) is 3.09. The van der Waals surface area contributed by atoms with Crippen LogP contribution in [0.2, 0.25) is 5.02 Å². The Balaban J connectivity index is 0.00000220. The van der Waals surface area contributed by atoms with Gasteiger partial charge in [0.1, 0.15) is 5.82 Å². The summed E-state index contributed by atoms with van der Waals surface area (Å²) in [7, 11) is 0. The number of nitrogens with one attached hydrogen (secondary N) is 1. The Morgan fingerprint density at radius 2 is 2.33 bits per heavy atom. The first-order chi connectivity index (χ1) is 9.45. The van der Waals surface area contributed by atoms with Gasteiger partial charge in [0.15, 0.2) is 0 Å². The van der Waals surface area contributed by atoms with Crippen molar-refractivity contribution in [3.05, 3.63) is 29.0 Å². The summed E-state index contributed by atoms with van der Waals surface area (Å²) in [5.74, 6) is -0.444. The van der Waals surface area contributed by atoms with Crippen molar-refractivity contribution in [2.45, 2.75) is 31.8 Å². The highest BCUT2D eigenvalue weighted by molar-refractivity contribution is 6.31. The number of amides is 1. The quantitative estimate of drug-likeness (QED) is 0.887. The Bertz CT molecular complexity index is 499. The number of carbonyl (C=O) groups is 1. The maximum atomic E-state index is 13.1. The monoisotopic (exact) mass is 335 g/mol. The molecule has 0 saturated carbocycles. The molecule has 2 atom stereocenters. The molecule has 1 saturated heterocycles. The molecular formula is C14H20Cl2FN3O. The predicted octanol–water partition coefficient (Wildman–Crippen LogP) is 2.33. The van der Waals surface area contributed by atoms with E-state index in [9.17, 15) is 9.18 Å². The zero-order chi connectivity index (χ0) is 14.7. The number of nitrogens with two attached hydrogens (primary N) is 1. The van der Waals surface area contributed by atoms with Gasteiger partial charge in [-0.3, -0.25) is 4.79 Å². The fourth-order valence-electron chi connectivity index (χ4n) is 2.37. The molecule has 21 heavy (non-hydrogen) atoms. The van der Waals surface area contributed by atoms with Gasteiger partial charge in [-0.15, -0.1) is 12.4 Å². The maximum Gasteiger partial charge on any atom is 0.221 e. The molecule has 1 heterocycles. The maximum absolute atomic E-state index is 13.1. The largest absolute Gasteiger partial charge is 0.369 e. The molecule has 0 aliphatic carbocycles. The molecule has 4 nitrogen and oxygen atoms in total. The van der Waals surface area contributed by atoms with Gasteiger partial charge in [0.25, 0.3) is 0 Å². The van der Waals surface area contributed by atoms with Crippen LogP contribution in [0.5, 0.6) is 0 Å². The van der Waals surface area contributed by atoms with Crippen LogP contribution in [0.25, 0.3) is 0 Å². The number of carbonyl (C=O) groups excluding carboxylic acids is 1. The van der Waals surface area contributed by atoms with E-state index in [0.29, 0.717) is 13.0 Å². The van der Waals surface area contributed by atoms with Crippen molar-refractivity contribution in [2.24, 2.45) is 5.73 Å². The van der Waals surface area contributed by atoms with Gasteiger partial charge in [-0.25, -0.2) is 4.39 Å². The first-order valence-corrected chi connectivity index (χ1v) is 7.08. The third kappa shape index (κ3) is 5.02. The molecule has 1 aliphatic rings. The Morgan fingerprint density at radius 3 is 2.95 bits per heavy atom. The summed E-state index contributed by atoms with van der Waals surface area (Å²) in [5.41, 5.74) is 6.47. The van der Waals surface area contributed by atoms with Crippen LogP contribution in [0.3, 0.4) is 0 Å². The first kappa shape index (κ1) is 18.0. The molecule has 2 unspecified atom stereocenters. The molecule has 1 aromatic rings. The lowest BCUT2D eigenvalue weighted by atomic mass is 10.2. The number of nitrogens with zero attached hydrogens (tertiary/aromatic N) is 1. The molecule has 7 heteroatoms. The molecule has 0 aromatic heterocycles. The number of benzene rings is 1. The van der Waals surface area contributed by atoms with E-state index in [1.54, 1.807) is 19.1 Å². The fraction of sp³-hybridized carbons (Fsp3) is 0.500. The number of anilines is 1. The lowest BCUT2D eigenvalue weighted by molar-refractivity contribution is -0.121. The van der Waals surface area contributed by atoms with E-state index in [4.69, 9.17) is 17.3 Å². The predicted molar refractivity (Wildman–Crippen MR) is 85.7 cm³/mol. The van der Waals surface area contributed by atoms with Gasteiger partial charge in [-0.1, -0.05) is 11.6 Å². The molecule has 3 N–H and O–H groups in total. The number of halogens is 3. The minimum atomic E-state index is -0.420. The van der Waals surface area contributed by atoms with Crippen LogP contribution in [-0.4, -0.2) is 31.1 Å². The highest BCUT2D eigenvalue weighted by atomic mass is 35.5. The van der Waals surface area contributed by atoms with Gasteiger partial charge in [0, 0.05) is 37.3 Å². The summed E-state index contributed by atoms with van der Waals surface area (Å²) >= 11 is 5.78. The first-order valence-electron chi connectivity index (χ1n) is 6.70. The summed E-state index contributed by atoms with van der Waals surface area (Å²) in [4.78, 5) is 13.8. The van der Waals surface area contributed by atoms with Gasteiger partial charge in [-0.05, 0) is 31.5 Å². The van der Waals surface area contributed by atoms with Crippen molar-refractivity contribution in [1.29, 1.82) is 0 Å². The molecule has 0 bridgehead atoms. The van der Waals surface area contributed by atoms with Crippen LogP contribution in [0, 0.1) is 5.82 Å². The third-order valence-corrected chi connectivity index (χ3v) is 3.62. The second-order valence-electron chi connectivity index (χ2n) is 5.28. The Labute approximate surface area is 135 Å². The lowest BCUT2D eigenvalue weighted by Crippen LogP contribution is -2.39. The zero-order valence-corrected chi connectivity index (χ0v) is 13.4. The molecule has 118 valence electrons. The second-order valence-corrected chi connectivity index (χ2v) is 5.69. The molecule has 0 radical (unpaired) electrons. The molecule has 0 spiro atoms. The third-order valence-electron chi connectivity index (χ3n) is 3.33. The topological polar surface area (TPSA) is 58.4 Å². The summed E-state index contributed by atoms with van der Waals surface area (Å²) in [6.07, 6.45) is 1.19. The molecular weight excluding hydrogens is 316 g/mol. The number of rotatable bonds is 4. The summed E-state index contributed by atoms with van der Waals surface area (Å²) in [6.45, 7) is 3.32. The van der Waals surface area contributed by atoms with Crippen LogP contribution >= 0.6 is 24.0 Å². The van der Waals surface area contributed by atoms with Gasteiger partial charge in [0.05, 0.1) is 5.02 Å². The van der Waals surface area contributed by atoms with Crippen molar-refractivity contribution in [3.63, 3.8) is 0 Å². The molecule has 1 amide bonds. The van der Waals surface area contributed by atoms with Crippen molar-refractivity contribution in [2.75, 3.05) is 18.0 Å². The van der Waals surface area contributed by atoms with Gasteiger partial charge >= 0.3 is 0 Å². The second kappa shape index (κ2) is 7.82.